The van der Waals surface area contributed by atoms with Gasteiger partial charge < -0.3 is 14.5 Å². The minimum atomic E-state index is -0.324. The molecule has 4 rings (SSSR count). The van der Waals surface area contributed by atoms with Crippen molar-refractivity contribution in [1.29, 1.82) is 0 Å². The Morgan fingerprint density at radius 1 is 1.11 bits per heavy atom. The van der Waals surface area contributed by atoms with E-state index in [9.17, 15) is 9.18 Å². The average Bonchev–Trinajstić information content (AvgIpc) is 3.15. The predicted octanol–water partition coefficient (Wildman–Crippen LogP) is 3.78. The van der Waals surface area contributed by atoms with E-state index in [1.54, 1.807) is 11.3 Å². The molecule has 1 aliphatic heterocycles. The number of halogens is 1. The third kappa shape index (κ3) is 3.80. The van der Waals surface area contributed by atoms with Gasteiger partial charge in [0, 0.05) is 26.2 Å². The molecule has 3 aromatic rings. The predicted molar refractivity (Wildman–Crippen MR) is 110 cm³/mol. The van der Waals surface area contributed by atoms with Crippen LogP contribution in [0.2, 0.25) is 0 Å². The third-order valence-corrected chi connectivity index (χ3v) is 6.23. The summed E-state index contributed by atoms with van der Waals surface area (Å²) in [6, 6.07) is 9.96. The maximum absolute atomic E-state index is 12.9. The summed E-state index contributed by atoms with van der Waals surface area (Å²) in [4.78, 5) is 21.3. The molecule has 1 fully saturated rings. The Bertz CT molecular complexity index is 995. The second-order valence-corrected chi connectivity index (χ2v) is 7.97. The van der Waals surface area contributed by atoms with Gasteiger partial charge in [-0.2, -0.15) is 0 Å². The van der Waals surface area contributed by atoms with Gasteiger partial charge in [-0.1, -0.05) is 17.4 Å². The highest BCUT2D eigenvalue weighted by Crippen LogP contribution is 2.32. The number of thiazole rings is 1. The normalized spacial score (nSPS) is 14.5. The van der Waals surface area contributed by atoms with Gasteiger partial charge in [0.1, 0.15) is 11.6 Å². The SMILES string of the molecule is Cc1ccc2sc(N3CCN(C(=O)COc4ccc(F)cc4)CC3)nc2c1C. The second-order valence-electron chi connectivity index (χ2n) is 6.96. The number of hydrogen-bond acceptors (Lipinski definition) is 5. The summed E-state index contributed by atoms with van der Waals surface area (Å²) >= 11 is 1.70. The molecule has 1 aromatic heterocycles. The van der Waals surface area contributed by atoms with Crippen molar-refractivity contribution in [3.05, 3.63) is 53.3 Å². The maximum atomic E-state index is 12.9. The number of aromatic nitrogens is 1. The van der Waals surface area contributed by atoms with E-state index in [4.69, 9.17) is 9.72 Å². The highest BCUT2D eigenvalue weighted by Gasteiger charge is 2.23. The number of amides is 1. The smallest absolute Gasteiger partial charge is 0.260 e. The molecule has 0 saturated carbocycles. The Morgan fingerprint density at radius 2 is 1.82 bits per heavy atom. The van der Waals surface area contributed by atoms with E-state index in [2.05, 4.69) is 30.9 Å². The van der Waals surface area contributed by atoms with Gasteiger partial charge in [0.15, 0.2) is 11.7 Å². The Labute approximate surface area is 167 Å². The molecule has 0 spiro atoms. The first-order chi connectivity index (χ1) is 13.5. The van der Waals surface area contributed by atoms with E-state index >= 15 is 0 Å². The molecule has 0 radical (unpaired) electrons. The van der Waals surface area contributed by atoms with E-state index in [0.29, 0.717) is 18.8 Å². The van der Waals surface area contributed by atoms with Gasteiger partial charge in [-0.05, 0) is 55.3 Å². The van der Waals surface area contributed by atoms with Crippen molar-refractivity contribution in [2.75, 3.05) is 37.7 Å². The van der Waals surface area contributed by atoms with Crippen molar-refractivity contribution in [2.24, 2.45) is 0 Å². The maximum Gasteiger partial charge on any atom is 0.260 e. The van der Waals surface area contributed by atoms with E-state index in [1.165, 1.54) is 40.1 Å². The molecule has 7 heteroatoms. The number of rotatable bonds is 4. The van der Waals surface area contributed by atoms with Crippen molar-refractivity contribution in [3.8, 4) is 5.75 Å². The molecule has 0 bridgehead atoms. The summed E-state index contributed by atoms with van der Waals surface area (Å²) in [6.07, 6.45) is 0. The lowest BCUT2D eigenvalue weighted by Gasteiger charge is -2.34. The Kier molecular flexibility index (Phi) is 5.17. The van der Waals surface area contributed by atoms with Crippen molar-refractivity contribution >= 4 is 32.6 Å². The first-order valence-electron chi connectivity index (χ1n) is 9.29. The van der Waals surface area contributed by atoms with Gasteiger partial charge in [-0.15, -0.1) is 0 Å². The number of carbonyl (C=O) groups excluding carboxylic acids is 1. The van der Waals surface area contributed by atoms with Crippen LogP contribution in [0.15, 0.2) is 36.4 Å². The van der Waals surface area contributed by atoms with Crippen LogP contribution in [0.1, 0.15) is 11.1 Å². The monoisotopic (exact) mass is 399 g/mol. The first kappa shape index (κ1) is 18.7. The van der Waals surface area contributed by atoms with Crippen LogP contribution in [0, 0.1) is 19.7 Å². The lowest BCUT2D eigenvalue weighted by molar-refractivity contribution is -0.133. The van der Waals surface area contributed by atoms with E-state index in [-0.39, 0.29) is 18.3 Å². The minimum Gasteiger partial charge on any atom is -0.484 e. The van der Waals surface area contributed by atoms with Crippen LogP contribution in [-0.2, 0) is 4.79 Å². The number of carbonyl (C=O) groups is 1. The molecule has 1 aliphatic rings. The second kappa shape index (κ2) is 7.75. The number of hydrogen-bond donors (Lipinski definition) is 0. The topological polar surface area (TPSA) is 45.7 Å². The molecule has 146 valence electrons. The summed E-state index contributed by atoms with van der Waals surface area (Å²) in [5, 5.41) is 1.01. The van der Waals surface area contributed by atoms with Crippen LogP contribution < -0.4 is 9.64 Å². The zero-order valence-corrected chi connectivity index (χ0v) is 16.8. The molecule has 2 heterocycles. The lowest BCUT2D eigenvalue weighted by atomic mass is 10.1. The van der Waals surface area contributed by atoms with Crippen molar-refractivity contribution < 1.29 is 13.9 Å². The Hall–Kier alpha value is -2.67. The average molecular weight is 399 g/mol. The van der Waals surface area contributed by atoms with Gasteiger partial charge >= 0.3 is 0 Å². The zero-order valence-electron chi connectivity index (χ0n) is 15.9. The summed E-state index contributed by atoms with van der Waals surface area (Å²) in [5.41, 5.74) is 3.55. The number of benzene rings is 2. The van der Waals surface area contributed by atoms with Crippen molar-refractivity contribution in [2.45, 2.75) is 13.8 Å². The summed E-state index contributed by atoms with van der Waals surface area (Å²) in [7, 11) is 0. The van der Waals surface area contributed by atoms with Crippen molar-refractivity contribution in [1.82, 2.24) is 9.88 Å². The van der Waals surface area contributed by atoms with E-state index < -0.39 is 0 Å². The van der Waals surface area contributed by atoms with Crippen LogP contribution in [0.3, 0.4) is 0 Å². The van der Waals surface area contributed by atoms with Crippen molar-refractivity contribution in [3.63, 3.8) is 0 Å². The zero-order chi connectivity index (χ0) is 19.7. The van der Waals surface area contributed by atoms with Crippen LogP contribution in [-0.4, -0.2) is 48.6 Å². The fourth-order valence-electron chi connectivity index (χ4n) is 3.26. The minimum absolute atomic E-state index is 0.0365. The summed E-state index contributed by atoms with van der Waals surface area (Å²) in [6.45, 7) is 6.95. The number of fused-ring (bicyclic) bond motifs is 1. The van der Waals surface area contributed by atoms with E-state index in [0.717, 1.165) is 23.7 Å². The fourth-order valence-corrected chi connectivity index (χ4v) is 4.34. The van der Waals surface area contributed by atoms with Gasteiger partial charge in [0.2, 0.25) is 0 Å². The lowest BCUT2D eigenvalue weighted by Crippen LogP contribution is -2.50. The van der Waals surface area contributed by atoms with Crippen LogP contribution in [0.5, 0.6) is 5.75 Å². The molecule has 2 aromatic carbocycles. The standard InChI is InChI=1S/C21H22FN3O2S/c1-14-3-8-18-20(15(14)2)23-21(28-18)25-11-9-24(10-12-25)19(26)13-27-17-6-4-16(22)5-7-17/h3-8H,9-13H2,1-2H3. The Morgan fingerprint density at radius 3 is 2.54 bits per heavy atom. The first-order valence-corrected chi connectivity index (χ1v) is 10.1. The van der Waals surface area contributed by atoms with Crippen LogP contribution >= 0.6 is 11.3 Å². The van der Waals surface area contributed by atoms with Crippen LogP contribution in [0.4, 0.5) is 9.52 Å². The van der Waals surface area contributed by atoms with E-state index in [1.807, 2.05) is 4.90 Å². The fraction of sp³-hybridized carbons (Fsp3) is 0.333. The third-order valence-electron chi connectivity index (χ3n) is 5.15. The van der Waals surface area contributed by atoms with Gasteiger partial charge in [-0.3, -0.25) is 4.79 Å². The molecule has 0 unspecified atom stereocenters. The molecule has 1 saturated heterocycles. The number of piperazine rings is 1. The molecule has 0 N–H and O–H groups in total. The number of nitrogens with zero attached hydrogens (tertiary/aromatic N) is 3. The molecule has 0 atom stereocenters. The number of ether oxygens (including phenoxy) is 1. The molecule has 28 heavy (non-hydrogen) atoms. The Balaban J connectivity index is 1.34. The molecule has 1 amide bonds. The largest absolute Gasteiger partial charge is 0.484 e. The molecular formula is C21H22FN3O2S. The molecule has 0 aliphatic carbocycles. The molecular weight excluding hydrogens is 377 g/mol. The highest BCUT2D eigenvalue weighted by molar-refractivity contribution is 7.22. The summed E-state index contributed by atoms with van der Waals surface area (Å²) in [5.74, 6) is 0.114. The van der Waals surface area contributed by atoms with Gasteiger partial charge in [0.25, 0.3) is 5.91 Å². The molecule has 5 nitrogen and oxygen atoms in total. The number of aryl methyl sites for hydroxylation is 2. The van der Waals surface area contributed by atoms with Gasteiger partial charge in [0.05, 0.1) is 10.2 Å². The number of anilines is 1. The highest BCUT2D eigenvalue weighted by atomic mass is 32.1. The van der Waals surface area contributed by atoms with Gasteiger partial charge in [-0.25, -0.2) is 9.37 Å². The quantitative estimate of drug-likeness (QED) is 0.670. The summed E-state index contributed by atoms with van der Waals surface area (Å²) < 4.78 is 19.6. The van der Waals surface area contributed by atoms with Crippen LogP contribution in [0.25, 0.3) is 10.2 Å².